The van der Waals surface area contributed by atoms with Crippen molar-refractivity contribution in [2.45, 2.75) is 347 Å². The van der Waals surface area contributed by atoms with Crippen LogP contribution in [0.2, 0.25) is 0 Å². The van der Waals surface area contributed by atoms with Crippen LogP contribution in [0.3, 0.4) is 0 Å². The summed E-state index contributed by atoms with van der Waals surface area (Å²) < 4.78 is 113. The van der Waals surface area contributed by atoms with Crippen molar-refractivity contribution in [2.75, 3.05) is 44.7 Å². The summed E-state index contributed by atoms with van der Waals surface area (Å²) in [5.41, 5.74) is 2.91. The molecule has 5 amide bonds. The van der Waals surface area contributed by atoms with E-state index in [0.29, 0.717) is 54.4 Å². The number of carbonyl (C=O) groups is 5. The molecule has 6 aliphatic carbocycles. The zero-order valence-corrected chi connectivity index (χ0v) is 71.1. The van der Waals surface area contributed by atoms with Gasteiger partial charge < -0.3 is 89.1 Å². The predicted molar refractivity (Wildman–Crippen MR) is 420 cm³/mol. The summed E-state index contributed by atoms with van der Waals surface area (Å²) in [5.74, 6) is 1.01. The Kier molecular flexibility index (Phi) is 55.9. The van der Waals surface area contributed by atoms with Crippen LogP contribution in [-0.2, 0) is 70.3 Å². The van der Waals surface area contributed by atoms with E-state index < -0.39 is 124 Å². The van der Waals surface area contributed by atoms with Crippen LogP contribution in [-0.4, -0.2) is 237 Å². The number of thioether (sulfide) groups is 2. The monoisotopic (exact) mass is 1630 g/mol. The SMILES string of the molecule is C.C.C.C.CC(C)(C)OC(=O)N[C@@H]1C[C@@H](S(C)(=O)=O)C[C@H]1O.CS(=O)(=O)[C@@H]1C[C@@H](N)[C@H](O)C1.CS[C@H]1C[C@@H](C)[C@H](NC(=O)OC(C)(C)C)C1.CS[C@H]1C[C@@H](O)[C@H](NC(=O)OC(C)(C)C)C1.C[C@@H]1C[C@@H](O)C[C@H]1NC(=O)OC(C)(C)C.C[C@@H]1C[C@@H](OS(C)(=O)=O)C[C@H]1NC(=O)OC(C)(C)C.C[S-].[2H]CF.[Na+]. The average Bonchev–Trinajstić information content (AvgIpc) is 1.70. The molecule has 6 saturated carbocycles. The second-order valence-electron chi connectivity index (χ2n) is 31.1. The van der Waals surface area contributed by atoms with Crippen LogP contribution in [0.1, 0.15) is 233 Å². The van der Waals surface area contributed by atoms with Gasteiger partial charge in [-0.05, 0) is 211 Å². The summed E-state index contributed by atoms with van der Waals surface area (Å²) in [5, 5.41) is 51.9. The predicted octanol–water partition coefficient (Wildman–Crippen LogP) is 7.76. The van der Waals surface area contributed by atoms with Gasteiger partial charge in [0, 0.05) is 47.2 Å². The van der Waals surface area contributed by atoms with Crippen LogP contribution >= 0.6 is 23.5 Å². The first-order valence-corrected chi connectivity index (χ1v) is 42.3. The maximum Gasteiger partial charge on any atom is 1.00 e. The van der Waals surface area contributed by atoms with Gasteiger partial charge in [-0.15, -0.1) is 0 Å². The normalized spacial score (nSPS) is 28.4. The number of alkyl halides is 1. The fraction of sp³-hybridized carbons (Fsp3) is 0.928. The van der Waals surface area contributed by atoms with Crippen molar-refractivity contribution in [3.05, 3.63) is 0 Å². The molecule has 0 spiro atoms. The maximum atomic E-state index is 11.7. The average molecular weight is 1630 g/mol. The number of hydrogen-bond donors (Lipinski definition) is 10. The molecule has 6 rings (SSSR count). The third kappa shape index (κ3) is 52.9. The van der Waals surface area contributed by atoms with Crippen LogP contribution in [0.4, 0.5) is 28.4 Å². The van der Waals surface area contributed by atoms with Crippen molar-refractivity contribution in [1.82, 2.24) is 26.6 Å². The van der Waals surface area contributed by atoms with E-state index in [1.807, 2.05) is 94.2 Å². The van der Waals surface area contributed by atoms with Crippen molar-refractivity contribution in [3.63, 3.8) is 0 Å². The quantitative estimate of drug-likeness (QED) is 0.0409. The molecule has 0 aromatic heterocycles. The topological polar surface area (TPSA) is 410 Å². The number of halogens is 1. The van der Waals surface area contributed by atoms with E-state index in [1.54, 1.807) is 59.6 Å². The van der Waals surface area contributed by atoms with E-state index in [0.717, 1.165) is 38.2 Å². The molecule has 0 bridgehead atoms. The molecular weight excluding hydrogens is 1480 g/mol. The minimum atomic E-state index is -3.46. The summed E-state index contributed by atoms with van der Waals surface area (Å²) in [6.45, 7) is 33.4. The Morgan fingerprint density at radius 2 is 0.712 bits per heavy atom. The van der Waals surface area contributed by atoms with E-state index in [1.165, 1.54) is 12.7 Å². The second-order valence-corrected chi connectivity index (χ2v) is 39.6. The summed E-state index contributed by atoms with van der Waals surface area (Å²) in [6.07, 6.45) is 11.5. The minimum absolute atomic E-state index is 0. The molecule has 0 saturated heterocycles. The number of carbonyl (C=O) groups excluding carboxylic acids is 5. The Bertz CT molecular complexity index is 2740. The van der Waals surface area contributed by atoms with Crippen molar-refractivity contribution >= 4 is 96.4 Å². The minimum Gasteiger partial charge on any atom is -0.796 e. The van der Waals surface area contributed by atoms with Gasteiger partial charge in [-0.1, -0.05) is 50.5 Å². The van der Waals surface area contributed by atoms with Crippen LogP contribution in [0.25, 0.3) is 0 Å². The van der Waals surface area contributed by atoms with Gasteiger partial charge in [-0.25, -0.2) is 40.8 Å². The van der Waals surface area contributed by atoms with Gasteiger partial charge in [0.05, 0.1) is 67.9 Å². The fourth-order valence-electron chi connectivity index (χ4n) is 11.2. The first kappa shape index (κ1) is 113. The summed E-state index contributed by atoms with van der Waals surface area (Å²) in [4.78, 5) is 57.8. The van der Waals surface area contributed by atoms with Gasteiger partial charge in [-0.2, -0.15) is 38.2 Å². The molecule has 11 N–H and O–H groups in total. The number of amides is 5. The maximum absolute atomic E-state index is 11.7. The molecule has 6 fully saturated rings. The van der Waals surface area contributed by atoms with Crippen molar-refractivity contribution in [2.24, 2.45) is 23.5 Å². The van der Waals surface area contributed by atoms with E-state index in [-0.39, 0.29) is 127 Å². The summed E-state index contributed by atoms with van der Waals surface area (Å²) in [6, 6.07) is -0.926. The molecule has 18 atom stereocenters. The number of aliphatic hydroxyl groups excluding tert-OH is 4. The Balaban J connectivity index is -0.000000216. The molecule has 620 valence electrons. The molecule has 35 heteroatoms. The molecule has 0 heterocycles. The number of aliphatic hydroxyl groups is 4. The van der Waals surface area contributed by atoms with Gasteiger partial charge in [0.2, 0.25) is 0 Å². The van der Waals surface area contributed by atoms with Crippen LogP contribution in [0.15, 0.2) is 0 Å². The molecule has 27 nitrogen and oxygen atoms in total. The molecule has 0 aromatic rings. The van der Waals surface area contributed by atoms with E-state index >= 15 is 0 Å². The standard InChI is InChI=1S/C12H23NO5S.C12H23NO2S.C11H21NO5S.C11H21NO3S.C11H21NO3.C6H13NO3S.CH3F.CH4S.4CH4.Na/c1-8-6-9(18-19(5,15)16)7-10(8)13-11(14)17-12(2,3)4;1-8-6-9(16-5)7-10(8)13-11(14)15-12(2,3)4;1-11(2,3)17-10(14)12-8-5-7(6-9(8)13)18(4,15)16;1-11(2,3)15-10(14)12-8-5-7(16-4)6-9(8)13;1-7-5-8(13)6-9(7)12-10(14)15-11(2,3)4;1-11(9,10)4-2-5(7)6(8)3-4;2*1-2;;;;;/h8-10H,6-7H2,1-5H3,(H,13,14);8-10H,6-7H2,1-5H3,(H,13,14);7-9,13H,5-6H2,1-4H3,(H,12,14);7-9,13H,5-6H2,1-4H3,(H,12,14);7-9,13H,5-6H2,1-4H3,(H,12,14);4-6,8H,2-3,7H2,1H3;1H3;2H,1H3;4*1H4;/q;;;;;;;;;;;;+1/p-1/t8-,9-,10-;8-,9+,10-;3*7-,8-,9-;4-,5-,6-;;;;;;;/m111111......./s1/i;;;;;;1D;;;;;;. The van der Waals surface area contributed by atoms with Crippen LogP contribution in [0, 0.1) is 17.8 Å². The largest absolute Gasteiger partial charge is 1.00 e. The molecule has 0 aromatic carbocycles. The number of hydrogen-bond acceptors (Lipinski definition) is 25. The second kappa shape index (κ2) is 51.5. The molecule has 6 aliphatic rings. The van der Waals surface area contributed by atoms with Gasteiger partial charge in [0.1, 0.15) is 47.7 Å². The smallest absolute Gasteiger partial charge is 0.796 e. The number of ether oxygens (including phenoxy) is 5. The van der Waals surface area contributed by atoms with Gasteiger partial charge in [0.15, 0.2) is 0 Å². The number of rotatable bonds is 11. The molecule has 0 aliphatic heterocycles. The van der Waals surface area contributed by atoms with Crippen molar-refractivity contribution in [1.29, 1.82) is 0 Å². The van der Waals surface area contributed by atoms with Gasteiger partial charge >= 0.3 is 60.0 Å². The Morgan fingerprint density at radius 3 is 0.971 bits per heavy atom. The Labute approximate surface area is 666 Å². The first-order valence-electron chi connectivity index (χ1n) is 33.9. The number of sulfone groups is 2. The van der Waals surface area contributed by atoms with Crippen molar-refractivity contribution in [3.8, 4) is 0 Å². The van der Waals surface area contributed by atoms with Gasteiger partial charge in [0.25, 0.3) is 10.1 Å². The molecular formula is C69H144FN6NaO21S6. The Hall–Kier alpha value is -2.06. The summed E-state index contributed by atoms with van der Waals surface area (Å²) >= 11 is 7.70. The number of nitrogens with one attached hydrogen (secondary N) is 5. The van der Waals surface area contributed by atoms with Crippen LogP contribution < -0.4 is 61.9 Å². The number of alkyl carbamates (subject to hydrolysis) is 5. The number of nitrogens with two attached hydrogens (primary N) is 1. The first-order chi connectivity index (χ1) is 45.2. The van der Waals surface area contributed by atoms with Crippen LogP contribution in [0.5, 0.6) is 0 Å². The molecule has 0 unspecified atom stereocenters. The summed E-state index contributed by atoms with van der Waals surface area (Å²) in [7, 11) is -10.7. The zero-order valence-electron chi connectivity index (χ0n) is 65.2. The molecule has 104 heavy (non-hydrogen) atoms. The van der Waals surface area contributed by atoms with Crippen molar-refractivity contribution < 1.29 is 133 Å². The third-order valence-electron chi connectivity index (χ3n) is 15.7. The van der Waals surface area contributed by atoms with E-state index in [9.17, 15) is 68.9 Å². The Morgan fingerprint density at radius 1 is 0.442 bits per heavy atom. The third-order valence-corrected chi connectivity index (χ3v) is 21.7. The van der Waals surface area contributed by atoms with E-state index in [4.69, 9.17) is 40.1 Å². The fourth-order valence-corrected chi connectivity index (χ4v) is 15.7. The molecule has 0 radical (unpaired) electrons. The van der Waals surface area contributed by atoms with E-state index in [2.05, 4.69) is 52.4 Å². The van der Waals surface area contributed by atoms with Gasteiger partial charge in [-0.3, -0.25) is 8.57 Å². The zero-order chi connectivity index (χ0) is 78.7.